The summed E-state index contributed by atoms with van der Waals surface area (Å²) in [5.41, 5.74) is 6.34. The molecule has 2 aromatic rings. The molecular weight excluding hydrogens is 456 g/mol. The van der Waals surface area contributed by atoms with Crippen LogP contribution in [0.25, 0.3) is 0 Å². The third-order valence-electron chi connectivity index (χ3n) is 2.81. The maximum Gasteiger partial charge on any atom is 0.258 e. The average molecular weight is 479 g/mol. The minimum absolute atomic E-state index is 0.298. The van der Waals surface area contributed by atoms with Crippen molar-refractivity contribution in [3.8, 4) is 0 Å². The molecule has 0 aromatic carbocycles. The van der Waals surface area contributed by atoms with Crippen LogP contribution in [0, 0.1) is 0 Å². The van der Waals surface area contributed by atoms with Crippen molar-refractivity contribution in [1.82, 2.24) is 0 Å². The number of nitrogens with zero attached hydrogens (tertiary/aromatic N) is 3. The quantitative estimate of drug-likeness (QED) is 0.156. The fourth-order valence-corrected chi connectivity index (χ4v) is 1.74. The number of oxime groups is 1. The largest absolute Gasteiger partial charge is 0.748 e. The summed E-state index contributed by atoms with van der Waals surface area (Å²) in [4.78, 5) is 11.0. The molecule has 2 rings (SSSR count). The summed E-state index contributed by atoms with van der Waals surface area (Å²) in [5, 5.41) is 11.6. The van der Waals surface area contributed by atoms with Crippen LogP contribution in [0.4, 0.5) is 0 Å². The number of aromatic nitrogens is 2. The van der Waals surface area contributed by atoms with Gasteiger partial charge in [0.15, 0.2) is 18.6 Å². The molecule has 31 heavy (non-hydrogen) atoms. The van der Waals surface area contributed by atoms with Crippen molar-refractivity contribution in [1.29, 1.82) is 0 Å². The van der Waals surface area contributed by atoms with E-state index in [2.05, 4.69) is 5.16 Å². The fourth-order valence-electron chi connectivity index (χ4n) is 1.74. The van der Waals surface area contributed by atoms with Crippen molar-refractivity contribution in [3.63, 3.8) is 0 Å². The Hall–Kier alpha value is -2.98. The molecule has 13 nitrogen and oxygen atoms in total. The second-order valence-electron chi connectivity index (χ2n) is 5.68. The summed E-state index contributed by atoms with van der Waals surface area (Å²) in [6, 6.07) is 8.76. The van der Waals surface area contributed by atoms with Gasteiger partial charge in [-0.2, -0.15) is 9.13 Å². The van der Waals surface area contributed by atoms with Crippen molar-refractivity contribution < 1.29 is 49.8 Å². The summed E-state index contributed by atoms with van der Waals surface area (Å²) < 4.78 is 63.6. The van der Waals surface area contributed by atoms with Gasteiger partial charge in [0, 0.05) is 36.8 Å². The molecule has 0 bridgehead atoms. The Morgan fingerprint density at radius 3 is 2.03 bits per heavy atom. The molecule has 2 heterocycles. The average Bonchev–Trinajstić information content (AvgIpc) is 2.61. The minimum Gasteiger partial charge on any atom is -0.748 e. The molecule has 0 fully saturated rings. The van der Waals surface area contributed by atoms with Gasteiger partial charge in [-0.25, -0.2) is 16.8 Å². The lowest BCUT2D eigenvalue weighted by molar-refractivity contribution is -0.788. The van der Waals surface area contributed by atoms with Crippen LogP contribution in [0.5, 0.6) is 0 Å². The lowest BCUT2D eigenvalue weighted by Crippen LogP contribution is -2.42. The highest BCUT2D eigenvalue weighted by molar-refractivity contribution is 7.85. The Labute approximate surface area is 179 Å². The molecule has 172 valence electrons. The number of nitrogens with two attached hydrogens (primary N) is 1. The zero-order chi connectivity index (χ0) is 24.1. The summed E-state index contributed by atoms with van der Waals surface area (Å²) >= 11 is 0. The van der Waals surface area contributed by atoms with Gasteiger partial charge >= 0.3 is 0 Å². The predicted octanol–water partition coefficient (Wildman–Crippen LogP) is -1.88. The number of ether oxygens (including phenoxy) is 1. The number of pyridine rings is 2. The van der Waals surface area contributed by atoms with Crippen LogP contribution in [-0.2, 0) is 38.4 Å². The molecule has 3 N–H and O–H groups in total. The molecule has 0 aliphatic carbocycles. The molecule has 0 radical (unpaired) electrons. The van der Waals surface area contributed by atoms with Gasteiger partial charge in [-0.05, 0) is 6.07 Å². The van der Waals surface area contributed by atoms with Gasteiger partial charge in [-0.1, -0.05) is 5.16 Å². The van der Waals surface area contributed by atoms with Crippen molar-refractivity contribution >= 4 is 32.4 Å². The zero-order valence-electron chi connectivity index (χ0n) is 16.6. The van der Waals surface area contributed by atoms with Gasteiger partial charge < -0.3 is 20.0 Å². The Kier molecular flexibility index (Phi) is 12.1. The number of carbonyl (C=O) groups excluding carboxylic acids is 1. The number of hydrogen-bond acceptors (Lipinski definition) is 10. The Balaban J connectivity index is 0.000000752. The van der Waals surface area contributed by atoms with Gasteiger partial charge in [0.2, 0.25) is 11.6 Å². The van der Waals surface area contributed by atoms with Crippen molar-refractivity contribution in [3.05, 3.63) is 60.2 Å². The smallest absolute Gasteiger partial charge is 0.258 e. The van der Waals surface area contributed by atoms with E-state index in [1.807, 2.05) is 18.3 Å². The first-order valence-electron chi connectivity index (χ1n) is 8.05. The number of rotatable bonds is 6. The predicted molar refractivity (Wildman–Crippen MR) is 103 cm³/mol. The molecule has 0 spiro atoms. The highest BCUT2D eigenvalue weighted by Gasteiger charge is 2.09. The van der Waals surface area contributed by atoms with E-state index < -0.39 is 26.1 Å². The maximum absolute atomic E-state index is 11.0. The van der Waals surface area contributed by atoms with E-state index in [1.54, 1.807) is 39.7 Å². The van der Waals surface area contributed by atoms with Gasteiger partial charge in [0.25, 0.3) is 13.5 Å². The first kappa shape index (κ1) is 28.0. The summed E-state index contributed by atoms with van der Waals surface area (Å²) in [6.07, 6.45) is 7.79. The first-order chi connectivity index (χ1) is 14.2. The van der Waals surface area contributed by atoms with E-state index in [9.17, 15) is 4.79 Å². The van der Waals surface area contributed by atoms with Gasteiger partial charge in [-0.15, -0.1) is 0 Å². The minimum atomic E-state index is -3.92. The number of hydrogen-bond donors (Lipinski definition) is 2. The Morgan fingerprint density at radius 1 is 1.06 bits per heavy atom. The van der Waals surface area contributed by atoms with Crippen molar-refractivity contribution in [2.75, 3.05) is 12.5 Å². The van der Waals surface area contributed by atoms with E-state index in [0.29, 0.717) is 37.2 Å². The fraction of sp³-hybridized carbons (Fsp3) is 0.250. The van der Waals surface area contributed by atoms with E-state index in [0.717, 1.165) is 0 Å². The van der Waals surface area contributed by atoms with Gasteiger partial charge in [0.1, 0.15) is 6.21 Å². The lowest BCUT2D eigenvalue weighted by atomic mass is 10.2. The zero-order valence-corrected chi connectivity index (χ0v) is 18.2. The number of amides is 1. The first-order valence-corrected chi connectivity index (χ1v) is 11.7. The molecule has 0 saturated heterocycles. The standard InChI is InChI=1S/C14H14N4O3.2CH4O3S/c15-14(19)12-4-7-17(8-5-12)10-21-11-18-6-2-1-3-13(18)9-16-20;2*1-5(2,3)4/h1-9H,10-11H2,(H-,15,19);2*1H3,(H,2,3,4). The van der Waals surface area contributed by atoms with Crippen LogP contribution < -0.4 is 14.9 Å². The van der Waals surface area contributed by atoms with E-state index in [1.165, 1.54) is 6.21 Å². The summed E-state index contributed by atoms with van der Waals surface area (Å²) in [6.45, 7) is 0.614. The third kappa shape index (κ3) is 17.6. The van der Waals surface area contributed by atoms with Crippen molar-refractivity contribution in [2.45, 2.75) is 13.5 Å². The number of carbonyl (C=O) groups is 1. The molecule has 0 unspecified atom stereocenters. The molecule has 1 amide bonds. The van der Waals surface area contributed by atoms with Crippen LogP contribution in [0.15, 0.2) is 54.1 Å². The molecule has 2 aromatic heterocycles. The topological polar surface area (TPSA) is 207 Å². The maximum atomic E-state index is 11.0. The molecular formula is C16H22N4O9S2. The van der Waals surface area contributed by atoms with Crippen LogP contribution in [0.1, 0.15) is 16.1 Å². The number of primary amides is 1. The Bertz CT molecular complexity index is 1020. The van der Waals surface area contributed by atoms with E-state index >= 15 is 0 Å². The van der Waals surface area contributed by atoms with Gasteiger partial charge in [-0.3, -0.25) is 9.53 Å². The highest BCUT2D eigenvalue weighted by atomic mass is 32.2. The van der Waals surface area contributed by atoms with Crippen LogP contribution in [0.2, 0.25) is 0 Å². The van der Waals surface area contributed by atoms with Crippen molar-refractivity contribution in [2.24, 2.45) is 10.9 Å². The SMILES string of the molecule is CS(=O)(=O)[O-].CS(=O)(=O)[O-].NC(=O)c1cc[n+](COC[n+]2ccccc2/C=N/O)cc1. The molecule has 0 saturated carbocycles. The van der Waals surface area contributed by atoms with Crippen LogP contribution in [-0.4, -0.2) is 55.8 Å². The molecule has 0 aliphatic heterocycles. The monoisotopic (exact) mass is 478 g/mol. The van der Waals surface area contributed by atoms with E-state index in [-0.39, 0.29) is 0 Å². The molecule has 0 atom stereocenters. The second-order valence-corrected chi connectivity index (χ2v) is 8.49. The summed E-state index contributed by atoms with van der Waals surface area (Å²) in [7, 11) is -7.83. The highest BCUT2D eigenvalue weighted by Crippen LogP contribution is 1.93. The van der Waals surface area contributed by atoms with Crippen LogP contribution >= 0.6 is 0 Å². The normalized spacial score (nSPS) is 11.1. The van der Waals surface area contributed by atoms with Crippen LogP contribution in [0.3, 0.4) is 0 Å². The molecule has 0 aliphatic rings. The van der Waals surface area contributed by atoms with E-state index in [4.69, 9.17) is 41.6 Å². The second kappa shape index (κ2) is 13.3. The Morgan fingerprint density at radius 2 is 1.58 bits per heavy atom. The van der Waals surface area contributed by atoms with Gasteiger partial charge in [0.05, 0.1) is 25.8 Å². The lowest BCUT2D eigenvalue weighted by Gasteiger charge is -2.00. The summed E-state index contributed by atoms with van der Waals surface area (Å²) in [5.74, 6) is -0.462. The third-order valence-corrected chi connectivity index (χ3v) is 2.81. The molecule has 15 heteroatoms.